The number of nitrogens with zero attached hydrogens (tertiary/aromatic N) is 1. The van der Waals surface area contributed by atoms with Crippen LogP contribution >= 0.6 is 23.2 Å². The molecule has 1 atom stereocenters. The number of rotatable bonds is 6. The van der Waals surface area contributed by atoms with E-state index in [4.69, 9.17) is 27.9 Å². The van der Waals surface area contributed by atoms with Crippen LogP contribution in [0, 0.1) is 17.2 Å². The lowest BCUT2D eigenvalue weighted by Crippen LogP contribution is -2.47. The third-order valence-corrected chi connectivity index (χ3v) is 10.4. The molecule has 1 aliphatic heterocycles. The summed E-state index contributed by atoms with van der Waals surface area (Å²) >= 11 is 12.7. The molecule has 5 nitrogen and oxygen atoms in total. The monoisotopic (exact) mass is 555 g/mol. The van der Waals surface area contributed by atoms with Gasteiger partial charge >= 0.3 is 0 Å². The first-order valence-electron chi connectivity index (χ1n) is 12.2. The van der Waals surface area contributed by atoms with Gasteiger partial charge in [0.15, 0.2) is 9.84 Å². The van der Waals surface area contributed by atoms with Crippen molar-refractivity contribution in [3.8, 4) is 0 Å². The lowest BCUT2D eigenvalue weighted by atomic mass is 9.89. The summed E-state index contributed by atoms with van der Waals surface area (Å²) < 4.78 is 48.0. The molecular formula is C27H32Cl2FNO4S. The van der Waals surface area contributed by atoms with Crippen LogP contribution in [0.15, 0.2) is 41.3 Å². The molecule has 2 aromatic carbocycles. The standard InChI is InChI=1S/C27H32Cl2FNO4S/c1-17(18-5-6-18)31(25(32)26(2,3)4)24-22(29)15-19(16-23(24)30)27(11-13-35-14-12-27)36(33,34)21-9-7-20(28)8-10-21/h7-10,15-18H,5-6,11-14H2,1-4H3/t17-/m1/s1. The Bertz CT molecular complexity index is 1220. The van der Waals surface area contributed by atoms with E-state index in [2.05, 4.69) is 0 Å². The number of amides is 1. The topological polar surface area (TPSA) is 63.7 Å². The van der Waals surface area contributed by atoms with Crippen molar-refractivity contribution in [3.05, 3.63) is 57.8 Å². The minimum absolute atomic E-state index is 0.00541. The van der Waals surface area contributed by atoms with Crippen molar-refractivity contribution in [2.75, 3.05) is 18.1 Å². The van der Waals surface area contributed by atoms with Crippen molar-refractivity contribution >= 4 is 44.6 Å². The number of ether oxygens (including phenoxy) is 1. The smallest absolute Gasteiger partial charge is 0.232 e. The van der Waals surface area contributed by atoms with E-state index in [9.17, 15) is 13.2 Å². The van der Waals surface area contributed by atoms with Gasteiger partial charge in [-0.15, -0.1) is 0 Å². The highest BCUT2D eigenvalue weighted by molar-refractivity contribution is 7.92. The van der Waals surface area contributed by atoms with Crippen LogP contribution in [0.4, 0.5) is 10.1 Å². The molecule has 2 aromatic rings. The van der Waals surface area contributed by atoms with Crippen molar-refractivity contribution in [3.63, 3.8) is 0 Å². The molecule has 0 spiro atoms. The average Bonchev–Trinajstić information content (AvgIpc) is 3.66. The SMILES string of the molecule is C[C@H](C1CC1)N(C(=O)C(C)(C)C)c1c(F)cc(C2(S(=O)(=O)c3ccc(Cl)cc3)CCOCC2)cc1Cl. The predicted octanol–water partition coefficient (Wildman–Crippen LogP) is 6.79. The number of hydrogen-bond donors (Lipinski definition) is 0. The van der Waals surface area contributed by atoms with Gasteiger partial charge in [0, 0.05) is 29.7 Å². The van der Waals surface area contributed by atoms with E-state index in [1.807, 2.05) is 6.92 Å². The van der Waals surface area contributed by atoms with Gasteiger partial charge < -0.3 is 9.64 Å². The van der Waals surface area contributed by atoms with Crippen LogP contribution in [0.2, 0.25) is 10.0 Å². The molecule has 0 radical (unpaired) electrons. The summed E-state index contributed by atoms with van der Waals surface area (Å²) in [5, 5.41) is 0.439. The van der Waals surface area contributed by atoms with Crippen LogP contribution in [0.5, 0.6) is 0 Å². The summed E-state index contributed by atoms with van der Waals surface area (Å²) in [6.07, 6.45) is 2.23. The van der Waals surface area contributed by atoms with Gasteiger partial charge in [-0.1, -0.05) is 44.0 Å². The van der Waals surface area contributed by atoms with Crippen LogP contribution < -0.4 is 4.90 Å². The molecule has 2 aliphatic rings. The van der Waals surface area contributed by atoms with Crippen molar-refractivity contribution in [1.29, 1.82) is 0 Å². The second-order valence-electron chi connectivity index (χ2n) is 10.9. The molecule has 4 rings (SSSR count). The normalized spacial score (nSPS) is 19.1. The van der Waals surface area contributed by atoms with Gasteiger partial charge in [0.05, 0.1) is 15.6 Å². The Morgan fingerprint density at radius 1 is 1.11 bits per heavy atom. The highest BCUT2D eigenvalue weighted by Gasteiger charge is 2.48. The van der Waals surface area contributed by atoms with Crippen LogP contribution in [0.3, 0.4) is 0 Å². The molecule has 1 heterocycles. The predicted molar refractivity (Wildman–Crippen MR) is 141 cm³/mol. The van der Waals surface area contributed by atoms with E-state index in [-0.39, 0.29) is 65.1 Å². The Hall–Kier alpha value is -1.67. The summed E-state index contributed by atoms with van der Waals surface area (Å²) in [6.45, 7) is 7.70. The summed E-state index contributed by atoms with van der Waals surface area (Å²) in [7, 11) is -3.96. The molecule has 0 N–H and O–H groups in total. The number of anilines is 1. The largest absolute Gasteiger partial charge is 0.381 e. The Morgan fingerprint density at radius 3 is 2.19 bits per heavy atom. The van der Waals surface area contributed by atoms with Crippen LogP contribution in [0.25, 0.3) is 0 Å². The maximum atomic E-state index is 16.0. The van der Waals surface area contributed by atoms with Crippen LogP contribution in [0.1, 0.15) is 58.9 Å². The van der Waals surface area contributed by atoms with Gasteiger partial charge in [-0.05, 0) is 80.5 Å². The molecule has 1 saturated heterocycles. The molecule has 0 bridgehead atoms. The van der Waals surface area contributed by atoms with E-state index in [1.54, 1.807) is 20.8 Å². The van der Waals surface area contributed by atoms with E-state index in [1.165, 1.54) is 41.3 Å². The second-order valence-corrected chi connectivity index (χ2v) is 14.0. The molecule has 196 valence electrons. The lowest BCUT2D eigenvalue weighted by molar-refractivity contribution is -0.126. The Morgan fingerprint density at radius 2 is 1.69 bits per heavy atom. The average molecular weight is 557 g/mol. The van der Waals surface area contributed by atoms with Gasteiger partial charge in [0.25, 0.3) is 0 Å². The molecule has 2 fully saturated rings. The molecule has 0 unspecified atom stereocenters. The van der Waals surface area contributed by atoms with Crippen molar-refractivity contribution in [2.45, 2.75) is 69.1 Å². The zero-order valence-corrected chi connectivity index (χ0v) is 23.3. The lowest BCUT2D eigenvalue weighted by Gasteiger charge is -2.39. The number of carbonyl (C=O) groups is 1. The third-order valence-electron chi connectivity index (χ3n) is 7.29. The maximum absolute atomic E-state index is 16.0. The Labute approximate surface area is 222 Å². The van der Waals surface area contributed by atoms with Crippen LogP contribution in [-0.2, 0) is 24.1 Å². The summed E-state index contributed by atoms with van der Waals surface area (Å²) in [4.78, 5) is 15.0. The van der Waals surface area contributed by atoms with Gasteiger partial charge in [-0.3, -0.25) is 4.79 Å². The van der Waals surface area contributed by atoms with Gasteiger partial charge in [0.1, 0.15) is 10.6 Å². The molecule has 1 saturated carbocycles. The summed E-state index contributed by atoms with van der Waals surface area (Å²) in [5.74, 6) is -0.664. The van der Waals surface area contributed by atoms with Gasteiger partial charge in [-0.25, -0.2) is 12.8 Å². The first-order valence-corrected chi connectivity index (χ1v) is 14.4. The molecule has 1 aliphatic carbocycles. The fourth-order valence-electron chi connectivity index (χ4n) is 4.95. The quantitative estimate of drug-likeness (QED) is 0.393. The fourth-order valence-corrected chi connectivity index (χ4v) is 7.46. The number of halogens is 3. The van der Waals surface area contributed by atoms with E-state index in [0.29, 0.717) is 5.02 Å². The molecule has 36 heavy (non-hydrogen) atoms. The number of carbonyl (C=O) groups excluding carboxylic acids is 1. The van der Waals surface area contributed by atoms with E-state index < -0.39 is 25.8 Å². The van der Waals surface area contributed by atoms with Gasteiger partial charge in [0.2, 0.25) is 5.91 Å². The van der Waals surface area contributed by atoms with Gasteiger partial charge in [-0.2, -0.15) is 0 Å². The summed E-state index contributed by atoms with van der Waals surface area (Å²) in [6, 6.07) is 8.49. The molecular weight excluding hydrogens is 524 g/mol. The first kappa shape index (κ1) is 27.4. The fraction of sp³-hybridized carbons (Fsp3) is 0.519. The number of sulfone groups is 1. The molecule has 9 heteroatoms. The molecule has 1 amide bonds. The summed E-state index contributed by atoms with van der Waals surface area (Å²) in [5.41, 5.74) is -0.489. The Kier molecular flexibility index (Phi) is 7.52. The Balaban J connectivity index is 1.86. The first-order chi connectivity index (χ1) is 16.8. The highest BCUT2D eigenvalue weighted by atomic mass is 35.5. The number of hydrogen-bond acceptors (Lipinski definition) is 4. The van der Waals surface area contributed by atoms with E-state index >= 15 is 4.39 Å². The van der Waals surface area contributed by atoms with Crippen molar-refractivity contribution in [1.82, 2.24) is 0 Å². The third kappa shape index (κ3) is 4.92. The van der Waals surface area contributed by atoms with E-state index in [0.717, 1.165) is 12.8 Å². The minimum atomic E-state index is -3.96. The number of benzene rings is 2. The van der Waals surface area contributed by atoms with Crippen molar-refractivity contribution in [2.24, 2.45) is 11.3 Å². The van der Waals surface area contributed by atoms with Crippen molar-refractivity contribution < 1.29 is 22.3 Å². The molecule has 0 aromatic heterocycles. The minimum Gasteiger partial charge on any atom is -0.381 e. The van der Waals surface area contributed by atoms with Crippen LogP contribution in [-0.4, -0.2) is 33.6 Å². The zero-order chi connectivity index (χ0) is 26.5. The highest BCUT2D eigenvalue weighted by Crippen LogP contribution is 2.48. The second kappa shape index (κ2) is 9.90. The zero-order valence-electron chi connectivity index (χ0n) is 21.0. The maximum Gasteiger partial charge on any atom is 0.232 e.